The second-order valence-corrected chi connectivity index (χ2v) is 8.86. The summed E-state index contributed by atoms with van der Waals surface area (Å²) in [7, 11) is -8.59. The minimum Gasteiger partial charge on any atom is -0.278 e. The molecule has 0 radical (unpaired) electrons. The molecule has 134 valence electrons. The average Bonchev–Trinajstić information content (AvgIpc) is 2.47. The number of allylic oxidation sites excluding steroid dienone is 1. The average molecular weight is 405 g/mol. The van der Waals surface area contributed by atoms with Gasteiger partial charge in [-0.3, -0.25) is 4.72 Å². The lowest BCUT2D eigenvalue weighted by molar-refractivity contribution is 0.569. The summed E-state index contributed by atoms with van der Waals surface area (Å²) in [5.74, 6) is -1.15. The maximum absolute atomic E-state index is 13.8. The Hall–Kier alpha value is -1.94. The summed E-state index contributed by atoms with van der Waals surface area (Å²) in [6.45, 7) is 1.31. The Balaban J connectivity index is 2.43. The van der Waals surface area contributed by atoms with E-state index in [2.05, 4.69) is 0 Å². The van der Waals surface area contributed by atoms with Crippen LogP contribution in [-0.2, 0) is 20.0 Å². The smallest absolute Gasteiger partial charge is 0.257 e. The summed E-state index contributed by atoms with van der Waals surface area (Å²) in [6, 6.07) is 9.54. The van der Waals surface area contributed by atoms with Gasteiger partial charge in [0.1, 0.15) is 10.7 Å². The molecule has 10 heteroatoms. The molecule has 0 aliphatic heterocycles. The highest BCUT2D eigenvalue weighted by molar-refractivity contribution is 7.96. The molecule has 0 aromatic heterocycles. The third-order valence-corrected chi connectivity index (χ3v) is 5.85. The molecule has 0 amide bonds. The minimum atomic E-state index is -4.46. The van der Waals surface area contributed by atoms with Crippen molar-refractivity contribution in [3.05, 3.63) is 63.8 Å². The van der Waals surface area contributed by atoms with E-state index in [-0.39, 0.29) is 4.91 Å². The van der Waals surface area contributed by atoms with E-state index >= 15 is 0 Å². The van der Waals surface area contributed by atoms with Gasteiger partial charge in [-0.05, 0) is 42.8 Å². The number of rotatable bonds is 5. The van der Waals surface area contributed by atoms with Crippen LogP contribution in [0.15, 0.2) is 52.3 Å². The first-order valence-electron chi connectivity index (χ1n) is 6.79. The molecule has 0 aliphatic carbocycles. The monoisotopic (exact) mass is 404 g/mol. The van der Waals surface area contributed by atoms with Gasteiger partial charge in [0, 0.05) is 5.02 Å². The van der Waals surface area contributed by atoms with Crippen LogP contribution in [0.4, 0.5) is 10.1 Å². The predicted molar refractivity (Wildman–Crippen MR) is 95.4 cm³/mol. The fourth-order valence-corrected chi connectivity index (χ4v) is 3.84. The van der Waals surface area contributed by atoms with Crippen molar-refractivity contribution in [2.75, 3.05) is 4.72 Å². The van der Waals surface area contributed by atoms with Crippen molar-refractivity contribution in [1.82, 2.24) is 0 Å². The largest absolute Gasteiger partial charge is 0.278 e. The Morgan fingerprint density at radius 1 is 1.12 bits per heavy atom. The maximum atomic E-state index is 13.8. The van der Waals surface area contributed by atoms with Gasteiger partial charge < -0.3 is 0 Å². The van der Waals surface area contributed by atoms with Crippen LogP contribution in [-0.4, -0.2) is 16.8 Å². The number of hydrogen-bond donors (Lipinski definition) is 2. The fourth-order valence-electron chi connectivity index (χ4n) is 1.97. The van der Waals surface area contributed by atoms with Crippen LogP contribution in [0.2, 0.25) is 5.02 Å². The molecule has 0 aliphatic rings. The molecule has 0 unspecified atom stereocenters. The van der Waals surface area contributed by atoms with Gasteiger partial charge in [0.25, 0.3) is 10.0 Å². The molecule has 2 aromatic rings. The van der Waals surface area contributed by atoms with Crippen LogP contribution in [0, 0.1) is 5.82 Å². The molecule has 0 spiro atoms. The zero-order chi connectivity index (χ0) is 18.8. The van der Waals surface area contributed by atoms with Crippen LogP contribution in [0.5, 0.6) is 0 Å². The normalized spacial score (nSPS) is 12.9. The number of halogens is 2. The molecular weight excluding hydrogens is 391 g/mol. The van der Waals surface area contributed by atoms with Crippen molar-refractivity contribution in [3.8, 4) is 0 Å². The summed E-state index contributed by atoms with van der Waals surface area (Å²) in [5, 5.41) is 5.46. The van der Waals surface area contributed by atoms with Crippen molar-refractivity contribution < 1.29 is 21.2 Å². The SMILES string of the molecule is C/C(=C\c1ccc(Cl)cc1)S(=O)(=O)Nc1cccc(F)c1S(N)(=O)=O. The second kappa shape index (κ2) is 7.12. The minimum absolute atomic E-state index is 0.112. The number of hydrogen-bond acceptors (Lipinski definition) is 4. The first kappa shape index (κ1) is 19.4. The van der Waals surface area contributed by atoms with Gasteiger partial charge in [-0.25, -0.2) is 26.4 Å². The molecule has 6 nitrogen and oxygen atoms in total. The highest BCUT2D eigenvalue weighted by Crippen LogP contribution is 2.26. The van der Waals surface area contributed by atoms with Crippen LogP contribution in [0.25, 0.3) is 6.08 Å². The summed E-state index contributed by atoms with van der Waals surface area (Å²) in [6.07, 6.45) is 1.36. The van der Waals surface area contributed by atoms with E-state index in [1.54, 1.807) is 24.3 Å². The zero-order valence-corrected chi connectivity index (χ0v) is 15.3. The second-order valence-electron chi connectivity index (χ2n) is 5.07. The number of nitrogens with one attached hydrogen (secondary N) is 1. The van der Waals surface area contributed by atoms with Crippen molar-refractivity contribution in [2.24, 2.45) is 5.14 Å². The zero-order valence-electron chi connectivity index (χ0n) is 12.9. The Labute approximate surface area is 150 Å². The Bertz CT molecular complexity index is 1030. The lowest BCUT2D eigenvalue weighted by Gasteiger charge is -2.12. The van der Waals surface area contributed by atoms with E-state index in [4.69, 9.17) is 16.7 Å². The molecule has 0 atom stereocenters. The number of sulfonamides is 2. The van der Waals surface area contributed by atoms with Gasteiger partial charge in [0.05, 0.1) is 10.6 Å². The number of benzene rings is 2. The standard InChI is InChI=1S/C15H14ClFN2O4S2/c1-10(9-11-5-7-12(16)8-6-11)25(22,23)19-14-4-2-3-13(17)15(14)24(18,20)21/h2-9,19H,1H3,(H2,18,20,21)/b10-9+. The molecule has 0 heterocycles. The first-order chi connectivity index (χ1) is 11.5. The topological polar surface area (TPSA) is 106 Å². The molecule has 0 saturated heterocycles. The highest BCUT2D eigenvalue weighted by Gasteiger charge is 2.23. The van der Waals surface area contributed by atoms with Crippen LogP contribution in [0.1, 0.15) is 12.5 Å². The summed E-state index contributed by atoms with van der Waals surface area (Å²) in [4.78, 5) is -1.03. The third kappa shape index (κ3) is 4.79. The Morgan fingerprint density at radius 2 is 1.72 bits per heavy atom. The number of nitrogens with two attached hydrogens (primary N) is 1. The van der Waals surface area contributed by atoms with Gasteiger partial charge in [0.15, 0.2) is 0 Å². The van der Waals surface area contributed by atoms with E-state index in [9.17, 15) is 21.2 Å². The first-order valence-corrected chi connectivity index (χ1v) is 10.2. The lowest BCUT2D eigenvalue weighted by atomic mass is 10.2. The molecule has 2 rings (SSSR count). The molecule has 0 fully saturated rings. The Kier molecular flexibility index (Phi) is 5.52. The van der Waals surface area contributed by atoms with Gasteiger partial charge in [-0.2, -0.15) is 0 Å². The molecule has 3 N–H and O–H groups in total. The van der Waals surface area contributed by atoms with Gasteiger partial charge in [0.2, 0.25) is 10.0 Å². The number of primary sulfonamides is 1. The van der Waals surface area contributed by atoms with Crippen molar-refractivity contribution in [1.29, 1.82) is 0 Å². The molecule has 0 saturated carbocycles. The van der Waals surface area contributed by atoms with Gasteiger partial charge >= 0.3 is 0 Å². The van der Waals surface area contributed by atoms with E-state index < -0.39 is 36.4 Å². The maximum Gasteiger partial charge on any atom is 0.257 e. The summed E-state index contributed by atoms with van der Waals surface area (Å²) in [5.41, 5.74) is 0.101. The van der Waals surface area contributed by atoms with E-state index in [0.717, 1.165) is 12.1 Å². The lowest BCUT2D eigenvalue weighted by Crippen LogP contribution is -2.20. The molecule has 25 heavy (non-hydrogen) atoms. The van der Waals surface area contributed by atoms with Crippen LogP contribution >= 0.6 is 11.6 Å². The van der Waals surface area contributed by atoms with E-state index in [1.165, 1.54) is 19.1 Å². The van der Waals surface area contributed by atoms with Gasteiger partial charge in [-0.1, -0.05) is 29.8 Å². The fraction of sp³-hybridized carbons (Fsp3) is 0.0667. The van der Waals surface area contributed by atoms with Crippen molar-refractivity contribution in [2.45, 2.75) is 11.8 Å². The summed E-state index contributed by atoms with van der Waals surface area (Å²) < 4.78 is 63.7. The molecule has 0 bridgehead atoms. The third-order valence-electron chi connectivity index (χ3n) is 3.16. The quantitative estimate of drug-likeness (QED) is 0.798. The van der Waals surface area contributed by atoms with Gasteiger partial charge in [-0.15, -0.1) is 0 Å². The van der Waals surface area contributed by atoms with Crippen LogP contribution in [0.3, 0.4) is 0 Å². The van der Waals surface area contributed by atoms with Crippen LogP contribution < -0.4 is 9.86 Å². The highest BCUT2D eigenvalue weighted by atomic mass is 35.5. The Morgan fingerprint density at radius 3 is 2.28 bits per heavy atom. The van der Waals surface area contributed by atoms with E-state index in [0.29, 0.717) is 10.6 Å². The predicted octanol–water partition coefficient (Wildman–Crippen LogP) is 2.93. The summed E-state index contributed by atoms with van der Waals surface area (Å²) >= 11 is 5.76. The molecular formula is C15H14ClFN2O4S2. The van der Waals surface area contributed by atoms with Crippen molar-refractivity contribution >= 4 is 43.4 Å². The van der Waals surface area contributed by atoms with E-state index in [1.807, 2.05) is 4.72 Å². The van der Waals surface area contributed by atoms with Crippen molar-refractivity contribution in [3.63, 3.8) is 0 Å². The number of anilines is 1. The molecule has 2 aromatic carbocycles.